The van der Waals surface area contributed by atoms with Crippen LogP contribution in [-0.4, -0.2) is 140 Å². The summed E-state index contributed by atoms with van der Waals surface area (Å²) >= 11 is 0. The zero-order valence-corrected chi connectivity index (χ0v) is 49.9. The number of ether oxygens (including phenoxy) is 4. The van der Waals surface area contributed by atoms with Crippen LogP contribution < -0.4 is 5.32 Å². The Bertz CT molecular complexity index is 1510. The second-order valence-corrected chi connectivity index (χ2v) is 22.9. The van der Waals surface area contributed by atoms with Crippen LogP contribution in [0.5, 0.6) is 0 Å². The quantitative estimate of drug-likeness (QED) is 0.0204. The minimum atomic E-state index is -1.79. The van der Waals surface area contributed by atoms with Gasteiger partial charge in [-0.15, -0.1) is 0 Å². The maximum absolute atomic E-state index is 13.3. The zero-order valence-electron chi connectivity index (χ0n) is 49.9. The van der Waals surface area contributed by atoms with Crippen LogP contribution in [0.1, 0.15) is 264 Å². The number of hydrogen-bond donors (Lipinski definition) is 9. The molecular formula is C65H119NO13. The Morgan fingerprint density at radius 3 is 1.34 bits per heavy atom. The Balaban J connectivity index is 1.74. The van der Waals surface area contributed by atoms with Gasteiger partial charge in [-0.1, -0.05) is 242 Å². The van der Waals surface area contributed by atoms with Crippen LogP contribution in [0, 0.1) is 0 Å². The lowest BCUT2D eigenvalue weighted by Crippen LogP contribution is -2.65. The molecule has 0 aliphatic carbocycles. The van der Waals surface area contributed by atoms with Gasteiger partial charge in [-0.05, 0) is 64.2 Å². The number of aliphatic hydroxyl groups excluding tert-OH is 8. The average Bonchev–Trinajstić information content (AvgIpc) is 3.47. The first kappa shape index (κ1) is 73.1. The lowest BCUT2D eigenvalue weighted by Gasteiger charge is -2.46. The number of nitrogens with one attached hydrogen (secondary N) is 1. The van der Waals surface area contributed by atoms with E-state index in [4.69, 9.17) is 18.9 Å². The first-order valence-corrected chi connectivity index (χ1v) is 32.4. The van der Waals surface area contributed by atoms with Crippen molar-refractivity contribution in [3.05, 3.63) is 48.6 Å². The number of allylic oxidation sites excluding steroid dienone is 7. The van der Waals surface area contributed by atoms with E-state index in [-0.39, 0.29) is 18.9 Å². The van der Waals surface area contributed by atoms with Gasteiger partial charge in [0.05, 0.1) is 32.0 Å². The van der Waals surface area contributed by atoms with Gasteiger partial charge in [0.15, 0.2) is 12.6 Å². The largest absolute Gasteiger partial charge is 0.394 e. The Hall–Kier alpha value is -2.05. The number of aliphatic hydroxyl groups is 8. The molecule has 79 heavy (non-hydrogen) atoms. The average molecular weight is 1120 g/mol. The Labute approximate surface area is 480 Å². The van der Waals surface area contributed by atoms with E-state index in [0.717, 1.165) is 44.9 Å². The van der Waals surface area contributed by atoms with Crippen molar-refractivity contribution in [3.63, 3.8) is 0 Å². The van der Waals surface area contributed by atoms with Crippen LogP contribution in [-0.2, 0) is 23.7 Å². The number of carbonyl (C=O) groups excluding carboxylic acids is 1. The zero-order chi connectivity index (χ0) is 57.4. The standard InChI is InChI=1S/C65H119NO13/c1-3-5-7-9-11-13-15-17-19-21-23-24-25-26-27-28-29-31-32-34-36-38-40-42-44-46-48-54(69)53(66-57(70)49-47-45-43-41-39-37-35-33-30-22-20-18-16-14-12-10-8-6-4-2)52-76-64-62(75)60(73)63(56(51-68)78-64)79-65-61(74)59(72)58(71)55(50-67)77-65/h12,14,18,20,38,40,46,48,53-56,58-65,67-69,71-75H,3-11,13,15-17,19,21-37,39,41-45,47,49-52H2,1-2H3,(H,66,70)/b14-12-,20-18-,40-38+,48-46+. The summed E-state index contributed by atoms with van der Waals surface area (Å²) < 4.78 is 22.8. The highest BCUT2D eigenvalue weighted by Crippen LogP contribution is 2.30. The van der Waals surface area contributed by atoms with Crippen molar-refractivity contribution in [2.75, 3.05) is 19.8 Å². The molecule has 2 aliphatic heterocycles. The van der Waals surface area contributed by atoms with Crippen LogP contribution in [0.25, 0.3) is 0 Å². The van der Waals surface area contributed by atoms with Crippen molar-refractivity contribution < 1.29 is 64.6 Å². The maximum Gasteiger partial charge on any atom is 0.220 e. The molecule has 1 amide bonds. The fourth-order valence-corrected chi connectivity index (χ4v) is 10.5. The predicted octanol–water partition coefficient (Wildman–Crippen LogP) is 12.0. The summed E-state index contributed by atoms with van der Waals surface area (Å²) in [6.45, 7) is 2.78. The molecule has 2 aliphatic rings. The minimum Gasteiger partial charge on any atom is -0.394 e. The van der Waals surface area contributed by atoms with E-state index in [9.17, 15) is 45.6 Å². The molecule has 0 aromatic heterocycles. The second-order valence-electron chi connectivity index (χ2n) is 22.9. The van der Waals surface area contributed by atoms with Gasteiger partial charge < -0.3 is 65.1 Å². The number of carbonyl (C=O) groups is 1. The summed E-state index contributed by atoms with van der Waals surface area (Å²) in [5, 5.41) is 87.2. The van der Waals surface area contributed by atoms with E-state index in [1.54, 1.807) is 6.08 Å². The maximum atomic E-state index is 13.3. The third-order valence-corrected chi connectivity index (χ3v) is 15.7. The lowest BCUT2D eigenvalue weighted by atomic mass is 9.97. The number of rotatable bonds is 52. The van der Waals surface area contributed by atoms with Crippen LogP contribution in [0.4, 0.5) is 0 Å². The fourth-order valence-electron chi connectivity index (χ4n) is 10.5. The van der Waals surface area contributed by atoms with Gasteiger partial charge in [-0.25, -0.2) is 0 Å². The Kier molecular flexibility index (Phi) is 46.7. The third kappa shape index (κ3) is 35.6. The van der Waals surface area contributed by atoms with Crippen molar-refractivity contribution in [1.82, 2.24) is 5.32 Å². The molecule has 462 valence electrons. The third-order valence-electron chi connectivity index (χ3n) is 15.7. The van der Waals surface area contributed by atoms with Crippen molar-refractivity contribution >= 4 is 5.91 Å². The Morgan fingerprint density at radius 1 is 0.456 bits per heavy atom. The molecule has 0 saturated carbocycles. The topological polar surface area (TPSA) is 228 Å². The SMILES string of the molecule is CCCCC/C=C\C/C=C\CCCCCCCCCCCC(=O)NC(COC1OC(CO)C(OC2OC(CO)C(O)C(O)C2O)C(O)C1O)C(O)/C=C/CC/C=C/CCCCCCCCCCCCCCCCCCCCCC. The van der Waals surface area contributed by atoms with Gasteiger partial charge in [0.1, 0.15) is 48.8 Å². The normalized spacial score (nSPS) is 24.7. The molecule has 12 unspecified atom stereocenters. The summed E-state index contributed by atoms with van der Waals surface area (Å²) in [6, 6.07) is -0.935. The molecule has 0 bridgehead atoms. The molecule has 2 saturated heterocycles. The highest BCUT2D eigenvalue weighted by atomic mass is 16.7. The van der Waals surface area contributed by atoms with E-state index >= 15 is 0 Å². The first-order valence-electron chi connectivity index (χ1n) is 32.4. The molecule has 0 radical (unpaired) electrons. The van der Waals surface area contributed by atoms with E-state index in [1.807, 2.05) is 6.08 Å². The summed E-state index contributed by atoms with van der Waals surface area (Å²) in [7, 11) is 0. The molecule has 2 heterocycles. The van der Waals surface area contributed by atoms with Gasteiger partial charge in [-0.3, -0.25) is 4.79 Å². The molecule has 14 heteroatoms. The molecule has 0 spiro atoms. The van der Waals surface area contributed by atoms with Gasteiger partial charge in [-0.2, -0.15) is 0 Å². The summed E-state index contributed by atoms with van der Waals surface area (Å²) in [6.07, 6.45) is 47.3. The molecule has 2 rings (SSSR count). The van der Waals surface area contributed by atoms with Crippen LogP contribution in [0.15, 0.2) is 48.6 Å². The molecule has 12 atom stereocenters. The predicted molar refractivity (Wildman–Crippen MR) is 318 cm³/mol. The molecule has 0 aromatic carbocycles. The van der Waals surface area contributed by atoms with Crippen LogP contribution >= 0.6 is 0 Å². The fraction of sp³-hybridized carbons (Fsp3) is 0.862. The van der Waals surface area contributed by atoms with Gasteiger partial charge in [0.2, 0.25) is 5.91 Å². The summed E-state index contributed by atoms with van der Waals surface area (Å²) in [5.41, 5.74) is 0. The van der Waals surface area contributed by atoms with E-state index in [0.29, 0.717) is 12.8 Å². The van der Waals surface area contributed by atoms with Crippen molar-refractivity contribution in [2.24, 2.45) is 0 Å². The van der Waals surface area contributed by atoms with Crippen molar-refractivity contribution in [3.8, 4) is 0 Å². The molecule has 2 fully saturated rings. The highest BCUT2D eigenvalue weighted by Gasteiger charge is 2.51. The van der Waals surface area contributed by atoms with Crippen molar-refractivity contribution in [2.45, 2.75) is 338 Å². The van der Waals surface area contributed by atoms with Gasteiger partial charge in [0, 0.05) is 6.42 Å². The van der Waals surface area contributed by atoms with Crippen molar-refractivity contribution in [1.29, 1.82) is 0 Å². The molecule has 0 aromatic rings. The summed E-state index contributed by atoms with van der Waals surface area (Å²) in [5.74, 6) is -0.252. The molecule has 9 N–H and O–H groups in total. The number of hydrogen-bond acceptors (Lipinski definition) is 13. The summed E-state index contributed by atoms with van der Waals surface area (Å²) in [4.78, 5) is 13.3. The monoisotopic (exact) mass is 1120 g/mol. The van der Waals surface area contributed by atoms with E-state index < -0.39 is 86.8 Å². The lowest BCUT2D eigenvalue weighted by molar-refractivity contribution is -0.359. The van der Waals surface area contributed by atoms with Gasteiger partial charge in [0.25, 0.3) is 0 Å². The Morgan fingerprint density at radius 2 is 0.848 bits per heavy atom. The number of unbranched alkanes of at least 4 members (excludes halogenated alkanes) is 33. The first-order chi connectivity index (χ1) is 38.6. The molecule has 14 nitrogen and oxygen atoms in total. The van der Waals surface area contributed by atoms with Gasteiger partial charge >= 0.3 is 0 Å². The van der Waals surface area contributed by atoms with E-state index in [2.05, 4.69) is 55.6 Å². The second kappa shape index (κ2) is 50.5. The highest BCUT2D eigenvalue weighted by molar-refractivity contribution is 5.76. The number of amides is 1. The molecular weight excluding hydrogens is 1000 g/mol. The van der Waals surface area contributed by atoms with E-state index in [1.165, 1.54) is 186 Å². The van der Waals surface area contributed by atoms with Crippen LogP contribution in [0.3, 0.4) is 0 Å². The smallest absolute Gasteiger partial charge is 0.220 e. The van der Waals surface area contributed by atoms with Crippen LogP contribution in [0.2, 0.25) is 0 Å². The minimum absolute atomic E-state index is 0.252.